The summed E-state index contributed by atoms with van der Waals surface area (Å²) >= 11 is 2.94. The van der Waals surface area contributed by atoms with E-state index in [1.807, 2.05) is 23.8 Å². The molecule has 5 nitrogen and oxygen atoms in total. The van der Waals surface area contributed by atoms with Crippen LogP contribution in [-0.2, 0) is 9.59 Å². The molecule has 0 radical (unpaired) electrons. The van der Waals surface area contributed by atoms with E-state index in [9.17, 15) is 14.7 Å². The summed E-state index contributed by atoms with van der Waals surface area (Å²) in [5.41, 5.74) is 0.561. The van der Waals surface area contributed by atoms with Crippen molar-refractivity contribution in [2.24, 2.45) is 0 Å². The predicted molar refractivity (Wildman–Crippen MR) is 89.1 cm³/mol. The fourth-order valence-corrected chi connectivity index (χ4v) is 2.91. The Kier molecular flexibility index (Phi) is 6.00. The van der Waals surface area contributed by atoms with Gasteiger partial charge in [-0.05, 0) is 35.9 Å². The SMILES string of the molecule is CSc1cccc(NC(=O)C(=O)NCC(O)c2cccs2)c1. The van der Waals surface area contributed by atoms with Gasteiger partial charge in [0.25, 0.3) is 0 Å². The standard InChI is InChI=1S/C15H16N2O3S2/c1-21-11-5-2-4-10(8-11)17-15(20)14(19)16-9-12(18)13-6-3-7-22-13/h2-8,12,18H,9H2,1H3,(H,16,19)(H,17,20). The zero-order valence-corrected chi connectivity index (χ0v) is 13.5. The Labute approximate surface area is 136 Å². The van der Waals surface area contributed by atoms with Crippen molar-refractivity contribution in [2.75, 3.05) is 18.1 Å². The molecule has 1 unspecified atom stereocenters. The number of carbonyl (C=O) groups is 2. The molecule has 0 saturated carbocycles. The molecule has 1 heterocycles. The lowest BCUT2D eigenvalue weighted by atomic mass is 10.3. The summed E-state index contributed by atoms with van der Waals surface area (Å²) in [4.78, 5) is 25.3. The number of thiophene rings is 1. The molecule has 0 spiro atoms. The molecular formula is C15H16N2O3S2. The van der Waals surface area contributed by atoms with E-state index in [0.29, 0.717) is 5.69 Å². The van der Waals surface area contributed by atoms with Gasteiger partial charge in [-0.2, -0.15) is 0 Å². The van der Waals surface area contributed by atoms with Crippen LogP contribution in [0.5, 0.6) is 0 Å². The number of hydrogen-bond acceptors (Lipinski definition) is 5. The maximum atomic E-state index is 11.8. The molecule has 1 aromatic carbocycles. The van der Waals surface area contributed by atoms with Crippen molar-refractivity contribution in [1.29, 1.82) is 0 Å². The Morgan fingerprint density at radius 1 is 1.27 bits per heavy atom. The molecule has 22 heavy (non-hydrogen) atoms. The van der Waals surface area contributed by atoms with E-state index in [-0.39, 0.29) is 6.54 Å². The van der Waals surface area contributed by atoms with Crippen molar-refractivity contribution in [3.63, 3.8) is 0 Å². The van der Waals surface area contributed by atoms with Crippen LogP contribution in [0.2, 0.25) is 0 Å². The van der Waals surface area contributed by atoms with Gasteiger partial charge in [0.2, 0.25) is 0 Å². The normalized spacial score (nSPS) is 11.7. The molecular weight excluding hydrogens is 320 g/mol. The average molecular weight is 336 g/mol. The Bertz CT molecular complexity index is 644. The second-order valence-corrected chi connectivity index (χ2v) is 6.29. The number of amides is 2. The molecule has 0 aliphatic carbocycles. The van der Waals surface area contributed by atoms with Crippen molar-refractivity contribution >= 4 is 40.6 Å². The summed E-state index contributed by atoms with van der Waals surface area (Å²) in [6, 6.07) is 10.8. The minimum absolute atomic E-state index is 0.00236. The lowest BCUT2D eigenvalue weighted by Crippen LogP contribution is -2.37. The topological polar surface area (TPSA) is 78.4 Å². The Balaban J connectivity index is 1.85. The van der Waals surface area contributed by atoms with E-state index in [0.717, 1.165) is 9.77 Å². The molecule has 0 fully saturated rings. The van der Waals surface area contributed by atoms with E-state index >= 15 is 0 Å². The van der Waals surface area contributed by atoms with Crippen LogP contribution >= 0.6 is 23.1 Å². The van der Waals surface area contributed by atoms with Gasteiger partial charge in [-0.25, -0.2) is 0 Å². The van der Waals surface area contributed by atoms with Gasteiger partial charge in [-0.1, -0.05) is 12.1 Å². The summed E-state index contributed by atoms with van der Waals surface area (Å²) in [5, 5.41) is 16.6. The molecule has 7 heteroatoms. The molecule has 3 N–H and O–H groups in total. The molecule has 2 amide bonds. The summed E-state index contributed by atoms with van der Waals surface area (Å²) in [6.45, 7) is -0.00236. The van der Waals surface area contributed by atoms with Gasteiger partial charge in [0, 0.05) is 22.0 Å². The number of aliphatic hydroxyl groups is 1. The summed E-state index contributed by atoms with van der Waals surface area (Å²) in [7, 11) is 0. The van der Waals surface area contributed by atoms with Gasteiger partial charge in [0.05, 0.1) is 0 Å². The lowest BCUT2D eigenvalue weighted by Gasteiger charge is -2.10. The molecule has 1 aromatic heterocycles. The molecule has 1 atom stereocenters. The maximum Gasteiger partial charge on any atom is 0.313 e. The molecule has 0 aliphatic rings. The maximum absolute atomic E-state index is 11.8. The summed E-state index contributed by atoms with van der Waals surface area (Å²) in [6.07, 6.45) is 1.12. The number of benzene rings is 1. The smallest absolute Gasteiger partial charge is 0.313 e. The van der Waals surface area contributed by atoms with Gasteiger partial charge in [0.15, 0.2) is 0 Å². The molecule has 0 saturated heterocycles. The minimum atomic E-state index is -0.809. The molecule has 2 aromatic rings. The molecule has 2 rings (SSSR count). The number of thioether (sulfide) groups is 1. The van der Waals surface area contributed by atoms with Crippen molar-refractivity contribution in [2.45, 2.75) is 11.0 Å². The second-order valence-electron chi connectivity index (χ2n) is 4.43. The monoisotopic (exact) mass is 336 g/mol. The fourth-order valence-electron chi connectivity index (χ4n) is 1.74. The summed E-state index contributed by atoms with van der Waals surface area (Å²) in [5.74, 6) is -1.53. The van der Waals surface area contributed by atoms with E-state index in [1.165, 1.54) is 11.3 Å². The molecule has 0 bridgehead atoms. The average Bonchev–Trinajstić information content (AvgIpc) is 3.06. The lowest BCUT2D eigenvalue weighted by molar-refractivity contribution is -0.136. The van der Waals surface area contributed by atoms with Crippen LogP contribution in [0.3, 0.4) is 0 Å². The second kappa shape index (κ2) is 7.98. The largest absolute Gasteiger partial charge is 0.386 e. The van der Waals surface area contributed by atoms with Gasteiger partial charge in [-0.15, -0.1) is 23.1 Å². The van der Waals surface area contributed by atoms with E-state index in [4.69, 9.17) is 0 Å². The zero-order valence-electron chi connectivity index (χ0n) is 11.9. The number of aliphatic hydroxyl groups excluding tert-OH is 1. The molecule has 116 valence electrons. The summed E-state index contributed by atoms with van der Waals surface area (Å²) < 4.78 is 0. The van der Waals surface area contributed by atoms with E-state index < -0.39 is 17.9 Å². The van der Waals surface area contributed by atoms with E-state index in [2.05, 4.69) is 10.6 Å². The number of carbonyl (C=O) groups excluding carboxylic acids is 2. The Morgan fingerprint density at radius 3 is 2.77 bits per heavy atom. The van der Waals surface area contributed by atoms with Crippen molar-refractivity contribution < 1.29 is 14.7 Å². The van der Waals surface area contributed by atoms with Crippen LogP contribution in [0.1, 0.15) is 11.0 Å². The first kappa shape index (κ1) is 16.5. The fraction of sp³-hybridized carbons (Fsp3) is 0.200. The highest BCUT2D eigenvalue weighted by molar-refractivity contribution is 7.98. The van der Waals surface area contributed by atoms with Gasteiger partial charge >= 0.3 is 11.8 Å². The first-order valence-electron chi connectivity index (χ1n) is 6.55. The van der Waals surface area contributed by atoms with Gasteiger partial charge in [0.1, 0.15) is 6.10 Å². The quantitative estimate of drug-likeness (QED) is 0.578. The zero-order chi connectivity index (χ0) is 15.9. The van der Waals surface area contributed by atoms with Crippen LogP contribution in [-0.4, -0.2) is 29.7 Å². The highest BCUT2D eigenvalue weighted by atomic mass is 32.2. The van der Waals surface area contributed by atoms with Crippen LogP contribution in [0.15, 0.2) is 46.7 Å². The first-order valence-corrected chi connectivity index (χ1v) is 8.65. The number of rotatable bonds is 5. The number of anilines is 1. The number of hydrogen-bond donors (Lipinski definition) is 3. The van der Waals surface area contributed by atoms with Gasteiger partial charge in [-0.3, -0.25) is 9.59 Å². The minimum Gasteiger partial charge on any atom is -0.386 e. The van der Waals surface area contributed by atoms with Crippen LogP contribution in [0, 0.1) is 0 Å². The highest BCUT2D eigenvalue weighted by Gasteiger charge is 2.16. The van der Waals surface area contributed by atoms with Crippen LogP contribution < -0.4 is 10.6 Å². The third kappa shape index (κ3) is 4.59. The van der Waals surface area contributed by atoms with Crippen molar-refractivity contribution in [3.05, 3.63) is 46.7 Å². The molecule has 0 aliphatic heterocycles. The third-order valence-electron chi connectivity index (χ3n) is 2.86. The number of nitrogens with one attached hydrogen (secondary N) is 2. The Morgan fingerprint density at radius 2 is 2.09 bits per heavy atom. The third-order valence-corrected chi connectivity index (χ3v) is 4.56. The van der Waals surface area contributed by atoms with Crippen LogP contribution in [0.25, 0.3) is 0 Å². The van der Waals surface area contributed by atoms with Crippen LogP contribution in [0.4, 0.5) is 5.69 Å². The Hall–Kier alpha value is -1.83. The van der Waals surface area contributed by atoms with Gasteiger partial charge < -0.3 is 15.7 Å². The first-order chi connectivity index (χ1) is 10.6. The van der Waals surface area contributed by atoms with Crippen molar-refractivity contribution in [3.8, 4) is 0 Å². The highest BCUT2D eigenvalue weighted by Crippen LogP contribution is 2.19. The van der Waals surface area contributed by atoms with Crippen molar-refractivity contribution in [1.82, 2.24) is 5.32 Å². The van der Waals surface area contributed by atoms with E-state index in [1.54, 1.807) is 36.0 Å². The predicted octanol–water partition coefficient (Wildman–Crippen LogP) is 2.26.